The molecule has 1 aliphatic carbocycles. The van der Waals surface area contributed by atoms with Crippen LogP contribution in [0.2, 0.25) is 0 Å². The minimum absolute atomic E-state index is 0.469. The molecule has 0 heteroatoms. The van der Waals surface area contributed by atoms with Crippen LogP contribution in [0.15, 0.2) is 66.8 Å². The van der Waals surface area contributed by atoms with Gasteiger partial charge in [-0.3, -0.25) is 0 Å². The van der Waals surface area contributed by atoms with Gasteiger partial charge in [0.15, 0.2) is 0 Å². The van der Waals surface area contributed by atoms with Crippen LogP contribution in [0.5, 0.6) is 0 Å². The van der Waals surface area contributed by atoms with Crippen LogP contribution < -0.4 is 0 Å². The van der Waals surface area contributed by atoms with E-state index in [4.69, 9.17) is 0 Å². The Balaban J connectivity index is 2.54. The molecule has 20 heavy (non-hydrogen) atoms. The monoisotopic (exact) mass is 264 g/mol. The molecular formula is C20H24. The summed E-state index contributed by atoms with van der Waals surface area (Å²) in [6.45, 7) is 16.4. The second kappa shape index (κ2) is 6.09. The summed E-state index contributed by atoms with van der Waals surface area (Å²) in [6, 6.07) is 8.78. The lowest BCUT2D eigenvalue weighted by Gasteiger charge is -2.16. The molecule has 0 aliphatic heterocycles. The van der Waals surface area contributed by atoms with Gasteiger partial charge in [-0.25, -0.2) is 0 Å². The summed E-state index contributed by atoms with van der Waals surface area (Å²) >= 11 is 0. The Kier molecular flexibility index (Phi) is 4.44. The summed E-state index contributed by atoms with van der Waals surface area (Å²) in [5.41, 5.74) is 8.27. The predicted octanol–water partition coefficient (Wildman–Crippen LogP) is 6.05. The van der Waals surface area contributed by atoms with Crippen LogP contribution in [-0.2, 0) is 0 Å². The van der Waals surface area contributed by atoms with Gasteiger partial charge in [-0.2, -0.15) is 0 Å². The molecule has 0 spiro atoms. The Morgan fingerprint density at radius 2 is 1.85 bits per heavy atom. The van der Waals surface area contributed by atoms with Crippen molar-refractivity contribution in [1.82, 2.24) is 0 Å². The van der Waals surface area contributed by atoms with E-state index in [1.807, 2.05) is 6.08 Å². The van der Waals surface area contributed by atoms with Crippen molar-refractivity contribution in [2.24, 2.45) is 0 Å². The van der Waals surface area contributed by atoms with Crippen molar-refractivity contribution in [3.8, 4) is 0 Å². The minimum atomic E-state index is 0.469. The quantitative estimate of drug-likeness (QED) is 0.549. The first-order valence-electron chi connectivity index (χ1n) is 7.25. The lowest BCUT2D eigenvalue weighted by molar-refractivity contribution is 0.778. The largest absolute Gasteiger partial charge is 0.103 e. The normalized spacial score (nSPS) is 17.0. The molecule has 0 fully saturated rings. The zero-order valence-electron chi connectivity index (χ0n) is 12.7. The van der Waals surface area contributed by atoms with Crippen LogP contribution in [0, 0.1) is 0 Å². The van der Waals surface area contributed by atoms with Crippen LogP contribution in [0.3, 0.4) is 0 Å². The molecule has 0 amide bonds. The van der Waals surface area contributed by atoms with E-state index in [2.05, 4.69) is 57.8 Å². The molecule has 104 valence electrons. The second-order valence-electron chi connectivity index (χ2n) is 5.93. The first kappa shape index (κ1) is 14.6. The summed E-state index contributed by atoms with van der Waals surface area (Å²) in [4.78, 5) is 0. The third-order valence-electron chi connectivity index (χ3n) is 3.86. The van der Waals surface area contributed by atoms with E-state index in [0.29, 0.717) is 5.92 Å². The van der Waals surface area contributed by atoms with Gasteiger partial charge in [0.2, 0.25) is 0 Å². The van der Waals surface area contributed by atoms with Crippen LogP contribution in [0.4, 0.5) is 0 Å². The zero-order chi connectivity index (χ0) is 14.7. The van der Waals surface area contributed by atoms with E-state index in [0.717, 1.165) is 19.3 Å². The molecule has 1 aromatic rings. The summed E-state index contributed by atoms with van der Waals surface area (Å²) in [5, 5.41) is 0. The van der Waals surface area contributed by atoms with E-state index in [1.165, 1.54) is 33.4 Å². The van der Waals surface area contributed by atoms with Gasteiger partial charge in [-0.1, -0.05) is 53.6 Å². The predicted molar refractivity (Wildman–Crippen MR) is 89.8 cm³/mol. The van der Waals surface area contributed by atoms with Crippen LogP contribution in [-0.4, -0.2) is 0 Å². The summed E-state index contributed by atoms with van der Waals surface area (Å²) in [5.74, 6) is 0.469. The van der Waals surface area contributed by atoms with Gasteiger partial charge in [0.25, 0.3) is 0 Å². The highest BCUT2D eigenvalue weighted by molar-refractivity contribution is 5.80. The second-order valence-corrected chi connectivity index (χ2v) is 5.93. The van der Waals surface area contributed by atoms with Gasteiger partial charge in [0, 0.05) is 5.92 Å². The Morgan fingerprint density at radius 1 is 1.15 bits per heavy atom. The first-order chi connectivity index (χ1) is 9.54. The molecule has 0 bridgehead atoms. The maximum Gasteiger partial charge on any atom is 0.0100 e. The van der Waals surface area contributed by atoms with Gasteiger partial charge in [0.05, 0.1) is 0 Å². The summed E-state index contributed by atoms with van der Waals surface area (Å²) in [7, 11) is 0. The smallest absolute Gasteiger partial charge is 0.0100 e. The molecule has 1 unspecified atom stereocenters. The van der Waals surface area contributed by atoms with Crippen LogP contribution in [0.25, 0.3) is 5.57 Å². The number of allylic oxidation sites excluding steroid dienone is 5. The first-order valence-corrected chi connectivity index (χ1v) is 7.25. The third kappa shape index (κ3) is 2.85. The van der Waals surface area contributed by atoms with Crippen molar-refractivity contribution < 1.29 is 0 Å². The van der Waals surface area contributed by atoms with Gasteiger partial charge >= 0.3 is 0 Å². The van der Waals surface area contributed by atoms with E-state index < -0.39 is 0 Å². The Morgan fingerprint density at radius 3 is 2.45 bits per heavy atom. The average molecular weight is 264 g/mol. The standard InChI is InChI=1S/C20H24/c1-6-9-16-19(12-14(2)3)17-10-7-8-11-18(17)20(16)13-15(4)5/h6-8,10-11,19H,1-2,4,9,12-13H2,3,5H3. The third-order valence-corrected chi connectivity index (χ3v) is 3.86. The van der Waals surface area contributed by atoms with Crippen LogP contribution in [0.1, 0.15) is 50.2 Å². The molecule has 1 aliphatic rings. The fourth-order valence-corrected chi connectivity index (χ4v) is 3.16. The number of hydrogen-bond donors (Lipinski definition) is 0. The van der Waals surface area contributed by atoms with Gasteiger partial charge < -0.3 is 0 Å². The van der Waals surface area contributed by atoms with Crippen molar-refractivity contribution in [2.45, 2.75) is 39.0 Å². The maximum absolute atomic E-state index is 4.11. The van der Waals surface area contributed by atoms with Crippen molar-refractivity contribution in [3.63, 3.8) is 0 Å². The molecule has 1 atom stereocenters. The molecule has 2 rings (SSSR count). The molecule has 0 heterocycles. The summed E-state index contributed by atoms with van der Waals surface area (Å²) in [6.07, 6.45) is 4.97. The van der Waals surface area contributed by atoms with E-state index in [9.17, 15) is 0 Å². The zero-order valence-corrected chi connectivity index (χ0v) is 12.7. The molecule has 0 N–H and O–H groups in total. The number of hydrogen-bond acceptors (Lipinski definition) is 0. The van der Waals surface area contributed by atoms with Crippen molar-refractivity contribution in [2.75, 3.05) is 0 Å². The van der Waals surface area contributed by atoms with E-state index in [-0.39, 0.29) is 0 Å². The molecule has 1 aromatic carbocycles. The minimum Gasteiger partial charge on any atom is -0.103 e. The fraction of sp³-hybridized carbons (Fsp3) is 0.300. The van der Waals surface area contributed by atoms with E-state index in [1.54, 1.807) is 0 Å². The van der Waals surface area contributed by atoms with Gasteiger partial charge in [-0.05, 0) is 49.8 Å². The molecular weight excluding hydrogens is 240 g/mol. The highest BCUT2D eigenvalue weighted by atomic mass is 14.3. The highest BCUT2D eigenvalue weighted by Gasteiger charge is 2.29. The molecule has 0 radical (unpaired) electrons. The molecule has 0 aromatic heterocycles. The number of rotatable bonds is 6. The number of benzene rings is 1. The summed E-state index contributed by atoms with van der Waals surface area (Å²) < 4.78 is 0. The highest BCUT2D eigenvalue weighted by Crippen LogP contribution is 2.48. The van der Waals surface area contributed by atoms with Crippen LogP contribution >= 0.6 is 0 Å². The topological polar surface area (TPSA) is 0 Å². The SMILES string of the molecule is C=CCC1=C(CC(=C)C)c2ccccc2C1CC(=C)C. The lowest BCUT2D eigenvalue weighted by Crippen LogP contribution is -1.99. The molecule has 0 saturated heterocycles. The lowest BCUT2D eigenvalue weighted by atomic mass is 9.88. The Hall–Kier alpha value is -1.82. The van der Waals surface area contributed by atoms with Gasteiger partial charge in [-0.15, -0.1) is 13.2 Å². The Bertz CT molecular complexity index is 584. The van der Waals surface area contributed by atoms with Gasteiger partial charge in [0.1, 0.15) is 0 Å². The maximum atomic E-state index is 4.11. The van der Waals surface area contributed by atoms with Crippen molar-refractivity contribution in [3.05, 3.63) is 77.9 Å². The van der Waals surface area contributed by atoms with Crippen molar-refractivity contribution in [1.29, 1.82) is 0 Å². The van der Waals surface area contributed by atoms with E-state index >= 15 is 0 Å². The molecule has 0 nitrogen and oxygen atoms in total. The number of fused-ring (bicyclic) bond motifs is 1. The molecule has 0 saturated carbocycles. The average Bonchev–Trinajstić information content (AvgIpc) is 2.65. The Labute approximate surface area is 123 Å². The van der Waals surface area contributed by atoms with Crippen molar-refractivity contribution >= 4 is 5.57 Å². The fourth-order valence-electron chi connectivity index (χ4n) is 3.16.